The normalized spacial score (nSPS) is 17.3. The molecular formula is C17H26N2O2. The Morgan fingerprint density at radius 1 is 1.33 bits per heavy atom. The van der Waals surface area contributed by atoms with Crippen LogP contribution >= 0.6 is 0 Å². The fourth-order valence-corrected chi connectivity index (χ4v) is 3.14. The average molecular weight is 290 g/mol. The van der Waals surface area contributed by atoms with Crippen LogP contribution in [-0.2, 0) is 11.3 Å². The van der Waals surface area contributed by atoms with E-state index in [-0.39, 0.29) is 6.54 Å². The third kappa shape index (κ3) is 4.55. The van der Waals surface area contributed by atoms with Gasteiger partial charge in [-0.2, -0.15) is 0 Å². The Hall–Kier alpha value is -1.39. The molecule has 1 N–H and O–H groups in total. The summed E-state index contributed by atoms with van der Waals surface area (Å²) in [6.07, 6.45) is 2.13. The van der Waals surface area contributed by atoms with Crippen LogP contribution in [0.5, 0.6) is 0 Å². The predicted molar refractivity (Wildman–Crippen MR) is 84.4 cm³/mol. The quantitative estimate of drug-likeness (QED) is 0.873. The molecule has 116 valence electrons. The van der Waals surface area contributed by atoms with Crippen molar-refractivity contribution in [3.8, 4) is 0 Å². The molecular weight excluding hydrogens is 264 g/mol. The Labute approximate surface area is 127 Å². The summed E-state index contributed by atoms with van der Waals surface area (Å²) in [7, 11) is 0. The molecule has 0 spiro atoms. The summed E-state index contributed by atoms with van der Waals surface area (Å²) >= 11 is 0. The van der Waals surface area contributed by atoms with Crippen LogP contribution in [-0.4, -0.2) is 53.1 Å². The first-order valence-corrected chi connectivity index (χ1v) is 7.83. The van der Waals surface area contributed by atoms with Gasteiger partial charge in [-0.05, 0) is 50.5 Å². The van der Waals surface area contributed by atoms with Gasteiger partial charge >= 0.3 is 5.97 Å². The van der Waals surface area contributed by atoms with E-state index in [1.165, 1.54) is 11.1 Å². The first-order valence-electron chi connectivity index (χ1n) is 7.83. The van der Waals surface area contributed by atoms with Crippen LogP contribution in [0, 0.1) is 6.92 Å². The summed E-state index contributed by atoms with van der Waals surface area (Å²) < 4.78 is 0. The molecule has 0 radical (unpaired) electrons. The molecule has 0 unspecified atom stereocenters. The monoisotopic (exact) mass is 290 g/mol. The molecule has 1 saturated heterocycles. The van der Waals surface area contributed by atoms with E-state index in [9.17, 15) is 4.79 Å². The third-order valence-corrected chi connectivity index (χ3v) is 4.47. The lowest BCUT2D eigenvalue weighted by Gasteiger charge is -2.37. The number of piperidine rings is 1. The van der Waals surface area contributed by atoms with Gasteiger partial charge in [0, 0.05) is 12.6 Å². The summed E-state index contributed by atoms with van der Waals surface area (Å²) in [5, 5.41) is 8.97. The maximum Gasteiger partial charge on any atom is 0.317 e. The van der Waals surface area contributed by atoms with Gasteiger partial charge in [-0.15, -0.1) is 0 Å². The van der Waals surface area contributed by atoms with Crippen molar-refractivity contribution in [3.05, 3.63) is 35.4 Å². The zero-order valence-electron chi connectivity index (χ0n) is 13.1. The van der Waals surface area contributed by atoms with Crippen LogP contribution in [0.2, 0.25) is 0 Å². The van der Waals surface area contributed by atoms with Crippen LogP contribution in [0.15, 0.2) is 24.3 Å². The minimum absolute atomic E-state index is 0.166. The second-order valence-corrected chi connectivity index (χ2v) is 5.89. The number of likely N-dealkylation sites (tertiary alicyclic amines) is 1. The lowest BCUT2D eigenvalue weighted by atomic mass is 10.0. The van der Waals surface area contributed by atoms with Crippen LogP contribution in [0.25, 0.3) is 0 Å². The summed E-state index contributed by atoms with van der Waals surface area (Å²) in [6.45, 7) is 8.29. The number of carboxylic acid groups (broad SMARTS) is 1. The molecule has 4 nitrogen and oxygen atoms in total. The highest BCUT2D eigenvalue weighted by Crippen LogP contribution is 2.19. The molecule has 4 heteroatoms. The van der Waals surface area contributed by atoms with Crippen molar-refractivity contribution in [1.82, 2.24) is 9.80 Å². The standard InChI is InChI=1S/C17H26N2O2/c1-3-19(13-17(20)21)16-8-10-18(11-9-16)12-15-7-5-4-6-14(15)2/h4-7,16H,3,8-13H2,1-2H3,(H,20,21). The molecule has 1 heterocycles. The molecule has 1 aromatic rings. The lowest BCUT2D eigenvalue weighted by Crippen LogP contribution is -2.46. The van der Waals surface area contributed by atoms with Crippen molar-refractivity contribution in [3.63, 3.8) is 0 Å². The molecule has 21 heavy (non-hydrogen) atoms. The van der Waals surface area contributed by atoms with Crippen molar-refractivity contribution in [2.45, 2.75) is 39.3 Å². The number of carboxylic acids is 1. The fourth-order valence-electron chi connectivity index (χ4n) is 3.14. The van der Waals surface area contributed by atoms with Gasteiger partial charge in [-0.25, -0.2) is 0 Å². The number of aliphatic carboxylic acids is 1. The summed E-state index contributed by atoms with van der Waals surface area (Å²) in [6, 6.07) is 8.95. The maximum atomic E-state index is 10.9. The zero-order valence-corrected chi connectivity index (χ0v) is 13.1. The molecule has 1 fully saturated rings. The van der Waals surface area contributed by atoms with Crippen molar-refractivity contribution in [1.29, 1.82) is 0 Å². The minimum Gasteiger partial charge on any atom is -0.480 e. The number of hydrogen-bond acceptors (Lipinski definition) is 3. The highest BCUT2D eigenvalue weighted by atomic mass is 16.4. The Balaban J connectivity index is 1.85. The second-order valence-electron chi connectivity index (χ2n) is 5.89. The van der Waals surface area contributed by atoms with Gasteiger partial charge in [-0.1, -0.05) is 31.2 Å². The van der Waals surface area contributed by atoms with E-state index in [1.54, 1.807) is 0 Å². The molecule has 0 saturated carbocycles. The zero-order chi connectivity index (χ0) is 15.2. The van der Waals surface area contributed by atoms with Gasteiger partial charge in [0.1, 0.15) is 0 Å². The second kappa shape index (κ2) is 7.57. The van der Waals surface area contributed by atoms with Gasteiger partial charge in [0.2, 0.25) is 0 Å². The van der Waals surface area contributed by atoms with Crippen molar-refractivity contribution < 1.29 is 9.90 Å². The Morgan fingerprint density at radius 2 is 2.00 bits per heavy atom. The number of carbonyl (C=O) groups is 1. The highest BCUT2D eigenvalue weighted by molar-refractivity contribution is 5.69. The molecule has 1 aromatic carbocycles. The average Bonchev–Trinajstić information content (AvgIpc) is 2.48. The molecule has 0 amide bonds. The molecule has 0 aliphatic carbocycles. The Bertz CT molecular complexity index is 468. The number of nitrogens with zero attached hydrogens (tertiary/aromatic N) is 2. The lowest BCUT2D eigenvalue weighted by molar-refractivity contribution is -0.139. The highest BCUT2D eigenvalue weighted by Gasteiger charge is 2.25. The number of benzene rings is 1. The van der Waals surface area contributed by atoms with Crippen LogP contribution < -0.4 is 0 Å². The van der Waals surface area contributed by atoms with E-state index in [4.69, 9.17) is 5.11 Å². The van der Waals surface area contributed by atoms with Gasteiger partial charge in [-0.3, -0.25) is 14.6 Å². The molecule has 1 aliphatic heterocycles. The maximum absolute atomic E-state index is 10.9. The summed E-state index contributed by atoms with van der Waals surface area (Å²) in [4.78, 5) is 15.5. The van der Waals surface area contributed by atoms with Gasteiger partial charge in [0.25, 0.3) is 0 Å². The summed E-state index contributed by atoms with van der Waals surface area (Å²) in [5.41, 5.74) is 2.74. The Morgan fingerprint density at radius 3 is 2.57 bits per heavy atom. The minimum atomic E-state index is -0.723. The number of rotatable bonds is 6. The first kappa shape index (κ1) is 16.0. The van der Waals surface area contributed by atoms with Crippen molar-refractivity contribution >= 4 is 5.97 Å². The van der Waals surface area contributed by atoms with Crippen LogP contribution in [0.1, 0.15) is 30.9 Å². The van der Waals surface area contributed by atoms with Gasteiger partial charge in [0.15, 0.2) is 0 Å². The van der Waals surface area contributed by atoms with E-state index in [1.807, 2.05) is 6.92 Å². The van der Waals surface area contributed by atoms with E-state index < -0.39 is 5.97 Å². The SMILES string of the molecule is CCN(CC(=O)O)C1CCN(Cc2ccccc2C)CC1. The number of likely N-dealkylation sites (N-methyl/N-ethyl adjacent to an activating group) is 1. The van der Waals surface area contributed by atoms with E-state index in [0.29, 0.717) is 6.04 Å². The third-order valence-electron chi connectivity index (χ3n) is 4.47. The smallest absolute Gasteiger partial charge is 0.317 e. The fraction of sp³-hybridized carbons (Fsp3) is 0.588. The predicted octanol–water partition coefficient (Wildman–Crippen LogP) is 2.37. The van der Waals surface area contributed by atoms with Crippen LogP contribution in [0.4, 0.5) is 0 Å². The van der Waals surface area contributed by atoms with Gasteiger partial charge < -0.3 is 5.11 Å². The van der Waals surface area contributed by atoms with E-state index in [0.717, 1.165) is 39.0 Å². The molecule has 0 aromatic heterocycles. The Kier molecular flexibility index (Phi) is 5.76. The van der Waals surface area contributed by atoms with Crippen molar-refractivity contribution in [2.24, 2.45) is 0 Å². The van der Waals surface area contributed by atoms with Gasteiger partial charge in [0.05, 0.1) is 6.54 Å². The summed E-state index contributed by atoms with van der Waals surface area (Å²) in [5.74, 6) is -0.723. The molecule has 1 aliphatic rings. The molecule has 0 bridgehead atoms. The largest absolute Gasteiger partial charge is 0.480 e. The van der Waals surface area contributed by atoms with E-state index in [2.05, 4.69) is 41.0 Å². The molecule has 0 atom stereocenters. The number of hydrogen-bond donors (Lipinski definition) is 1. The molecule has 2 rings (SSSR count). The van der Waals surface area contributed by atoms with E-state index >= 15 is 0 Å². The van der Waals surface area contributed by atoms with Crippen molar-refractivity contribution in [2.75, 3.05) is 26.2 Å². The first-order chi connectivity index (χ1) is 10.1. The topological polar surface area (TPSA) is 43.8 Å². The number of aryl methyl sites for hydroxylation is 1. The van der Waals surface area contributed by atoms with Crippen LogP contribution in [0.3, 0.4) is 0 Å².